The number of benzene rings is 2. The van der Waals surface area contributed by atoms with E-state index in [0.717, 1.165) is 22.0 Å². The van der Waals surface area contributed by atoms with Crippen LogP contribution in [-0.2, 0) is 13.1 Å². The molecule has 0 saturated heterocycles. The smallest absolute Gasteiger partial charge is 0.252 e. The molecule has 0 saturated carbocycles. The minimum atomic E-state index is -0.0768. The van der Waals surface area contributed by atoms with Crippen molar-refractivity contribution in [3.8, 4) is 0 Å². The third kappa shape index (κ3) is 2.66. The molecule has 4 N–H and O–H groups in total. The molecule has 0 radical (unpaired) electrons. The molecule has 4 nitrogen and oxygen atoms in total. The molecule has 1 heterocycles. The van der Waals surface area contributed by atoms with Gasteiger partial charge in [0.15, 0.2) is 0 Å². The van der Waals surface area contributed by atoms with Crippen molar-refractivity contribution in [3.05, 3.63) is 71.4 Å². The monoisotopic (exact) mass is 279 g/mol. The SMILES string of the molecule is NCc1ccccc1CNC(=O)c1cccc2[nH]ccc12. The first-order chi connectivity index (χ1) is 10.3. The van der Waals surface area contributed by atoms with Gasteiger partial charge in [0, 0.05) is 35.8 Å². The predicted octanol–water partition coefficient (Wildman–Crippen LogP) is 2.56. The van der Waals surface area contributed by atoms with E-state index in [2.05, 4.69) is 10.3 Å². The number of carbonyl (C=O) groups is 1. The molecular formula is C17H17N3O. The first-order valence-electron chi connectivity index (χ1n) is 6.91. The van der Waals surface area contributed by atoms with Crippen LogP contribution in [0.15, 0.2) is 54.7 Å². The van der Waals surface area contributed by atoms with Gasteiger partial charge in [-0.05, 0) is 29.3 Å². The van der Waals surface area contributed by atoms with E-state index in [9.17, 15) is 4.79 Å². The molecule has 1 aromatic heterocycles. The molecule has 2 aromatic carbocycles. The minimum absolute atomic E-state index is 0.0768. The zero-order valence-electron chi connectivity index (χ0n) is 11.6. The van der Waals surface area contributed by atoms with E-state index in [4.69, 9.17) is 5.73 Å². The fourth-order valence-corrected chi connectivity index (χ4v) is 2.48. The summed E-state index contributed by atoms with van der Waals surface area (Å²) in [6.07, 6.45) is 1.84. The highest BCUT2D eigenvalue weighted by Gasteiger charge is 2.10. The highest BCUT2D eigenvalue weighted by molar-refractivity contribution is 6.06. The van der Waals surface area contributed by atoms with Gasteiger partial charge in [-0.15, -0.1) is 0 Å². The molecule has 0 bridgehead atoms. The van der Waals surface area contributed by atoms with Crippen LogP contribution in [0.2, 0.25) is 0 Å². The van der Waals surface area contributed by atoms with Gasteiger partial charge in [0.05, 0.1) is 0 Å². The Hall–Kier alpha value is -2.59. The standard InChI is InChI=1S/C17H17N3O/c18-10-12-4-1-2-5-13(12)11-20-17(21)15-6-3-7-16-14(15)8-9-19-16/h1-9,19H,10-11,18H2,(H,20,21). The summed E-state index contributed by atoms with van der Waals surface area (Å²) in [6.45, 7) is 0.951. The Morgan fingerprint density at radius 3 is 2.67 bits per heavy atom. The third-order valence-electron chi connectivity index (χ3n) is 3.62. The van der Waals surface area contributed by atoms with Gasteiger partial charge in [-0.3, -0.25) is 4.79 Å². The molecule has 4 heteroatoms. The van der Waals surface area contributed by atoms with E-state index in [-0.39, 0.29) is 5.91 Å². The highest BCUT2D eigenvalue weighted by Crippen LogP contribution is 2.17. The lowest BCUT2D eigenvalue weighted by Gasteiger charge is -2.10. The van der Waals surface area contributed by atoms with Crippen molar-refractivity contribution in [1.29, 1.82) is 0 Å². The third-order valence-corrected chi connectivity index (χ3v) is 3.62. The van der Waals surface area contributed by atoms with Crippen LogP contribution in [0, 0.1) is 0 Å². The minimum Gasteiger partial charge on any atom is -0.361 e. The molecule has 3 rings (SSSR count). The summed E-state index contributed by atoms with van der Waals surface area (Å²) in [7, 11) is 0. The zero-order chi connectivity index (χ0) is 14.7. The van der Waals surface area contributed by atoms with Gasteiger partial charge >= 0.3 is 0 Å². The first kappa shape index (κ1) is 13.4. The van der Waals surface area contributed by atoms with Crippen LogP contribution in [0.3, 0.4) is 0 Å². The zero-order valence-corrected chi connectivity index (χ0v) is 11.6. The van der Waals surface area contributed by atoms with Crippen LogP contribution in [0.25, 0.3) is 10.9 Å². The summed E-state index contributed by atoms with van der Waals surface area (Å²) in [4.78, 5) is 15.5. The molecule has 21 heavy (non-hydrogen) atoms. The van der Waals surface area contributed by atoms with E-state index in [1.54, 1.807) is 0 Å². The molecule has 0 aliphatic heterocycles. The average molecular weight is 279 g/mol. The number of H-pyrrole nitrogens is 1. The number of amides is 1. The largest absolute Gasteiger partial charge is 0.361 e. The molecule has 0 aliphatic rings. The molecule has 0 fully saturated rings. The molecule has 0 unspecified atom stereocenters. The molecule has 3 aromatic rings. The maximum absolute atomic E-state index is 12.4. The fraction of sp³-hybridized carbons (Fsp3) is 0.118. The fourth-order valence-electron chi connectivity index (χ4n) is 2.48. The van der Waals surface area contributed by atoms with Crippen molar-refractivity contribution in [2.24, 2.45) is 5.73 Å². The molecule has 0 aliphatic carbocycles. The maximum Gasteiger partial charge on any atom is 0.252 e. The lowest BCUT2D eigenvalue weighted by atomic mass is 10.1. The van der Waals surface area contributed by atoms with Crippen molar-refractivity contribution >= 4 is 16.8 Å². The van der Waals surface area contributed by atoms with E-state index in [1.165, 1.54) is 0 Å². The van der Waals surface area contributed by atoms with Crippen molar-refractivity contribution in [2.45, 2.75) is 13.1 Å². The number of nitrogens with one attached hydrogen (secondary N) is 2. The van der Waals surface area contributed by atoms with Gasteiger partial charge in [0.1, 0.15) is 0 Å². The van der Waals surface area contributed by atoms with Crippen LogP contribution in [0.4, 0.5) is 0 Å². The van der Waals surface area contributed by atoms with Gasteiger partial charge < -0.3 is 16.0 Å². The van der Waals surface area contributed by atoms with Crippen molar-refractivity contribution in [3.63, 3.8) is 0 Å². The summed E-state index contributed by atoms with van der Waals surface area (Å²) >= 11 is 0. The van der Waals surface area contributed by atoms with Gasteiger partial charge in [-0.25, -0.2) is 0 Å². The number of hydrogen-bond donors (Lipinski definition) is 3. The second-order valence-corrected chi connectivity index (χ2v) is 4.90. The van der Waals surface area contributed by atoms with E-state index >= 15 is 0 Å². The van der Waals surface area contributed by atoms with E-state index in [0.29, 0.717) is 18.7 Å². The van der Waals surface area contributed by atoms with Crippen LogP contribution in [-0.4, -0.2) is 10.9 Å². The van der Waals surface area contributed by atoms with Crippen LogP contribution in [0.5, 0.6) is 0 Å². The Morgan fingerprint density at radius 1 is 1.05 bits per heavy atom. The Bertz CT molecular complexity index is 776. The summed E-state index contributed by atoms with van der Waals surface area (Å²) in [5.74, 6) is -0.0768. The number of fused-ring (bicyclic) bond motifs is 1. The quantitative estimate of drug-likeness (QED) is 0.687. The van der Waals surface area contributed by atoms with Gasteiger partial charge in [-0.1, -0.05) is 30.3 Å². The number of carbonyl (C=O) groups excluding carboxylic acids is 1. The highest BCUT2D eigenvalue weighted by atomic mass is 16.1. The summed E-state index contributed by atoms with van der Waals surface area (Å²) in [5.41, 5.74) is 9.46. The Kier molecular flexibility index (Phi) is 3.71. The van der Waals surface area contributed by atoms with Crippen LogP contribution < -0.4 is 11.1 Å². The number of rotatable bonds is 4. The molecule has 1 amide bonds. The van der Waals surface area contributed by atoms with Gasteiger partial charge in [0.25, 0.3) is 5.91 Å². The Morgan fingerprint density at radius 2 is 1.86 bits per heavy atom. The van der Waals surface area contributed by atoms with Crippen molar-refractivity contribution in [1.82, 2.24) is 10.3 Å². The van der Waals surface area contributed by atoms with Gasteiger partial charge in [-0.2, -0.15) is 0 Å². The lowest BCUT2D eigenvalue weighted by Crippen LogP contribution is -2.23. The lowest BCUT2D eigenvalue weighted by molar-refractivity contribution is 0.0952. The van der Waals surface area contributed by atoms with E-state index in [1.807, 2.05) is 54.7 Å². The second kappa shape index (κ2) is 5.81. The Balaban J connectivity index is 1.79. The summed E-state index contributed by atoms with van der Waals surface area (Å²) < 4.78 is 0. The normalized spacial score (nSPS) is 10.7. The van der Waals surface area contributed by atoms with Crippen molar-refractivity contribution < 1.29 is 4.79 Å². The second-order valence-electron chi connectivity index (χ2n) is 4.90. The molecular weight excluding hydrogens is 262 g/mol. The Labute approximate surface area is 123 Å². The summed E-state index contributed by atoms with van der Waals surface area (Å²) in [5, 5.41) is 3.90. The van der Waals surface area contributed by atoms with Crippen LogP contribution >= 0.6 is 0 Å². The molecule has 106 valence electrons. The number of nitrogens with two attached hydrogens (primary N) is 1. The first-order valence-corrected chi connectivity index (χ1v) is 6.91. The number of aromatic nitrogens is 1. The number of hydrogen-bond acceptors (Lipinski definition) is 2. The maximum atomic E-state index is 12.4. The molecule has 0 spiro atoms. The molecule has 0 atom stereocenters. The topological polar surface area (TPSA) is 70.9 Å². The van der Waals surface area contributed by atoms with Gasteiger partial charge in [0.2, 0.25) is 0 Å². The summed E-state index contributed by atoms with van der Waals surface area (Å²) in [6, 6.07) is 15.4. The van der Waals surface area contributed by atoms with Crippen LogP contribution in [0.1, 0.15) is 21.5 Å². The number of aromatic amines is 1. The average Bonchev–Trinajstić information content (AvgIpc) is 3.01. The predicted molar refractivity (Wildman–Crippen MR) is 83.8 cm³/mol. The van der Waals surface area contributed by atoms with E-state index < -0.39 is 0 Å². The van der Waals surface area contributed by atoms with Crippen molar-refractivity contribution in [2.75, 3.05) is 0 Å².